The van der Waals surface area contributed by atoms with Crippen molar-refractivity contribution in [1.82, 2.24) is 0 Å². The molecule has 0 saturated carbocycles. The third-order valence-electron chi connectivity index (χ3n) is 11.5. The summed E-state index contributed by atoms with van der Waals surface area (Å²) in [7, 11) is 1.48. The van der Waals surface area contributed by atoms with Crippen LogP contribution in [0.2, 0.25) is 0 Å². The zero-order chi connectivity index (χ0) is 45.7. The summed E-state index contributed by atoms with van der Waals surface area (Å²) in [6, 6.07) is 0. The van der Waals surface area contributed by atoms with Crippen LogP contribution >= 0.6 is 7.82 Å². The van der Waals surface area contributed by atoms with Crippen molar-refractivity contribution in [3.63, 3.8) is 0 Å². The Morgan fingerprint density at radius 1 is 0.484 bits per heavy atom. The summed E-state index contributed by atoms with van der Waals surface area (Å²) in [5, 5.41) is 0. The highest BCUT2D eigenvalue weighted by molar-refractivity contribution is 7.47. The van der Waals surface area contributed by atoms with Gasteiger partial charge >= 0.3 is 19.8 Å². The first kappa shape index (κ1) is 60.5. The molecule has 0 heterocycles. The van der Waals surface area contributed by atoms with Crippen LogP contribution in [-0.2, 0) is 32.7 Å². The SMILES string of the molecule is CCCCCCCC/C=C\CCCCCCCCCC(=O)OCC(COP(=O)(O)OCC[N+](C)(C)C)OC(=O)CCCCCCCCCCC/C=C\CCCCCCCCCC. The molecule has 2 unspecified atom stereocenters. The number of hydrogen-bond acceptors (Lipinski definition) is 7. The van der Waals surface area contributed by atoms with Crippen LogP contribution in [0.25, 0.3) is 0 Å². The van der Waals surface area contributed by atoms with Crippen LogP contribution in [0.4, 0.5) is 0 Å². The summed E-state index contributed by atoms with van der Waals surface area (Å²) in [6.07, 6.45) is 50.8. The zero-order valence-electron chi connectivity index (χ0n) is 41.4. The lowest BCUT2D eigenvalue weighted by atomic mass is 10.1. The van der Waals surface area contributed by atoms with Crippen LogP contribution < -0.4 is 0 Å². The number of allylic oxidation sites excluding steroid dienone is 4. The van der Waals surface area contributed by atoms with E-state index in [-0.39, 0.29) is 32.0 Å². The van der Waals surface area contributed by atoms with Crippen LogP contribution in [0.5, 0.6) is 0 Å². The average molecular weight is 899 g/mol. The van der Waals surface area contributed by atoms with E-state index in [1.165, 1.54) is 173 Å². The maximum Gasteiger partial charge on any atom is 0.472 e. The molecular weight excluding hydrogens is 798 g/mol. The molecule has 0 aromatic heterocycles. The number of unbranched alkanes of at least 4 members (excludes halogenated alkanes) is 30. The number of ether oxygens (including phenoxy) is 2. The zero-order valence-corrected chi connectivity index (χ0v) is 42.3. The molecular formula is C52H101NO8P+. The van der Waals surface area contributed by atoms with Gasteiger partial charge in [-0.3, -0.25) is 18.6 Å². The smallest absolute Gasteiger partial charge is 0.462 e. The number of hydrogen-bond donors (Lipinski definition) is 1. The van der Waals surface area contributed by atoms with Gasteiger partial charge in [0, 0.05) is 12.8 Å². The van der Waals surface area contributed by atoms with Crippen LogP contribution in [0, 0.1) is 0 Å². The van der Waals surface area contributed by atoms with Gasteiger partial charge in [0.1, 0.15) is 19.8 Å². The molecule has 0 spiro atoms. The minimum Gasteiger partial charge on any atom is -0.462 e. The van der Waals surface area contributed by atoms with Crippen molar-refractivity contribution in [3.05, 3.63) is 24.3 Å². The van der Waals surface area contributed by atoms with Crippen molar-refractivity contribution in [3.8, 4) is 0 Å². The summed E-state index contributed by atoms with van der Waals surface area (Å²) < 4.78 is 34.5. The Labute approximate surface area is 383 Å². The Morgan fingerprint density at radius 3 is 1.19 bits per heavy atom. The lowest BCUT2D eigenvalue weighted by Gasteiger charge is -2.24. The van der Waals surface area contributed by atoms with Gasteiger partial charge in [0.25, 0.3) is 0 Å². The second kappa shape index (κ2) is 44.7. The molecule has 1 N–H and O–H groups in total. The number of phosphoric ester groups is 1. The van der Waals surface area contributed by atoms with Crippen LogP contribution in [0.1, 0.15) is 245 Å². The third kappa shape index (κ3) is 48.0. The highest BCUT2D eigenvalue weighted by atomic mass is 31.2. The van der Waals surface area contributed by atoms with E-state index < -0.39 is 26.5 Å². The first-order valence-electron chi connectivity index (χ1n) is 26.1. The fourth-order valence-corrected chi connectivity index (χ4v) is 8.10. The van der Waals surface area contributed by atoms with E-state index in [1.54, 1.807) is 0 Å². The van der Waals surface area contributed by atoms with Gasteiger partial charge in [-0.2, -0.15) is 0 Å². The minimum atomic E-state index is -4.38. The molecule has 0 rings (SSSR count). The first-order chi connectivity index (χ1) is 30.0. The van der Waals surface area contributed by atoms with E-state index in [2.05, 4.69) is 38.2 Å². The molecule has 0 aromatic rings. The molecule has 0 aliphatic carbocycles. The number of nitrogens with zero attached hydrogens (tertiary/aromatic N) is 1. The third-order valence-corrected chi connectivity index (χ3v) is 12.4. The van der Waals surface area contributed by atoms with Crippen molar-refractivity contribution < 1.29 is 42.1 Å². The second-order valence-electron chi connectivity index (χ2n) is 18.9. The standard InChI is InChI=1S/C52H100NO8P/c1-6-8-10-12-14-16-18-20-22-24-25-26-27-29-31-33-35-37-39-41-43-45-52(55)61-50(49-60-62(56,57)59-47-46-53(3,4)5)48-58-51(54)44-42-40-38-36-34-32-30-28-23-21-19-17-15-13-11-9-7-2/h21,23-25,50H,6-20,22,26-49H2,1-5H3/p+1/b23-21-,25-24-. The van der Waals surface area contributed by atoms with Crippen molar-refractivity contribution in [2.75, 3.05) is 47.5 Å². The van der Waals surface area contributed by atoms with Crippen LogP contribution in [0.15, 0.2) is 24.3 Å². The van der Waals surface area contributed by atoms with Gasteiger partial charge in [-0.25, -0.2) is 4.57 Å². The lowest BCUT2D eigenvalue weighted by Crippen LogP contribution is -2.37. The molecule has 0 fully saturated rings. The van der Waals surface area contributed by atoms with Gasteiger partial charge in [0.15, 0.2) is 6.10 Å². The number of carbonyl (C=O) groups excluding carboxylic acids is 2. The van der Waals surface area contributed by atoms with Gasteiger partial charge in [-0.05, 0) is 64.2 Å². The molecule has 0 aromatic carbocycles. The number of likely N-dealkylation sites (N-methyl/N-ethyl adjacent to an activating group) is 1. The van der Waals surface area contributed by atoms with E-state index in [0.717, 1.165) is 38.5 Å². The van der Waals surface area contributed by atoms with Crippen LogP contribution in [-0.4, -0.2) is 74.9 Å². The number of rotatable bonds is 48. The van der Waals surface area contributed by atoms with Crippen LogP contribution in [0.3, 0.4) is 0 Å². The summed E-state index contributed by atoms with van der Waals surface area (Å²) in [5.41, 5.74) is 0. The fourth-order valence-electron chi connectivity index (χ4n) is 7.36. The molecule has 2 atom stereocenters. The Kier molecular flexibility index (Phi) is 43.6. The molecule has 366 valence electrons. The number of carbonyl (C=O) groups is 2. The monoisotopic (exact) mass is 899 g/mol. The summed E-state index contributed by atoms with van der Waals surface area (Å²) in [6.45, 7) is 4.45. The van der Waals surface area contributed by atoms with Crippen molar-refractivity contribution >= 4 is 19.8 Å². The Morgan fingerprint density at radius 2 is 0.823 bits per heavy atom. The largest absolute Gasteiger partial charge is 0.472 e. The maximum absolute atomic E-state index is 12.8. The minimum absolute atomic E-state index is 0.0322. The van der Waals surface area contributed by atoms with E-state index >= 15 is 0 Å². The van der Waals surface area contributed by atoms with Gasteiger partial charge in [-0.1, -0.05) is 192 Å². The molecule has 0 aliphatic heterocycles. The number of quaternary nitrogens is 1. The van der Waals surface area contributed by atoms with Gasteiger partial charge in [-0.15, -0.1) is 0 Å². The summed E-state index contributed by atoms with van der Waals surface area (Å²) >= 11 is 0. The van der Waals surface area contributed by atoms with E-state index in [1.807, 2.05) is 21.1 Å². The lowest BCUT2D eigenvalue weighted by molar-refractivity contribution is -0.870. The fraction of sp³-hybridized carbons (Fsp3) is 0.885. The average Bonchev–Trinajstić information content (AvgIpc) is 3.23. The maximum atomic E-state index is 12.8. The molecule has 62 heavy (non-hydrogen) atoms. The first-order valence-corrected chi connectivity index (χ1v) is 27.6. The Bertz CT molecular complexity index is 1110. The van der Waals surface area contributed by atoms with Gasteiger partial charge in [0.2, 0.25) is 0 Å². The molecule has 0 radical (unpaired) electrons. The molecule has 9 nitrogen and oxygen atoms in total. The van der Waals surface area contributed by atoms with Gasteiger partial charge < -0.3 is 18.9 Å². The predicted octanol–water partition coefficient (Wildman–Crippen LogP) is 15.5. The topological polar surface area (TPSA) is 108 Å². The Hall–Kier alpha value is -1.51. The molecule has 0 aliphatic rings. The number of esters is 2. The second-order valence-corrected chi connectivity index (χ2v) is 20.4. The van der Waals surface area contributed by atoms with Crippen molar-refractivity contribution in [2.45, 2.75) is 251 Å². The highest BCUT2D eigenvalue weighted by Gasteiger charge is 2.27. The number of phosphoric acid groups is 1. The van der Waals surface area contributed by atoms with Gasteiger partial charge in [0.05, 0.1) is 27.7 Å². The normalized spacial score (nSPS) is 13.6. The van der Waals surface area contributed by atoms with E-state index in [9.17, 15) is 19.0 Å². The summed E-state index contributed by atoms with van der Waals surface area (Å²) in [5.74, 6) is -0.796. The van der Waals surface area contributed by atoms with Crippen molar-refractivity contribution in [1.29, 1.82) is 0 Å². The molecule has 0 bridgehead atoms. The molecule has 10 heteroatoms. The van der Waals surface area contributed by atoms with E-state index in [0.29, 0.717) is 17.4 Å². The van der Waals surface area contributed by atoms with E-state index in [4.69, 9.17) is 18.5 Å². The van der Waals surface area contributed by atoms with Crippen molar-refractivity contribution in [2.24, 2.45) is 0 Å². The quantitative estimate of drug-likeness (QED) is 0.0211. The predicted molar refractivity (Wildman–Crippen MR) is 261 cm³/mol. The summed E-state index contributed by atoms with van der Waals surface area (Å²) in [4.78, 5) is 35.5. The Balaban J connectivity index is 4.23. The molecule has 0 saturated heterocycles. The highest BCUT2D eigenvalue weighted by Crippen LogP contribution is 2.43. The molecule has 0 amide bonds.